The van der Waals surface area contributed by atoms with Crippen molar-refractivity contribution in [2.75, 3.05) is 24.7 Å². The quantitative estimate of drug-likeness (QED) is 0.747. The maximum Gasteiger partial charge on any atom is 0.124 e. The molecule has 0 fully saturated rings. The van der Waals surface area contributed by atoms with Gasteiger partial charge in [0.05, 0.1) is 7.11 Å². The van der Waals surface area contributed by atoms with Crippen LogP contribution >= 0.6 is 12.6 Å². The van der Waals surface area contributed by atoms with Crippen LogP contribution in [0.4, 0.5) is 5.69 Å². The lowest BCUT2D eigenvalue weighted by atomic mass is 10.1. The summed E-state index contributed by atoms with van der Waals surface area (Å²) >= 11 is 4.15. The molecule has 0 saturated heterocycles. The molecule has 1 aromatic carbocycles. The van der Waals surface area contributed by atoms with Crippen molar-refractivity contribution in [2.24, 2.45) is 0 Å². The van der Waals surface area contributed by atoms with E-state index in [0.717, 1.165) is 34.9 Å². The Hall–Kier alpha value is -0.830. The summed E-state index contributed by atoms with van der Waals surface area (Å²) in [6.45, 7) is 4.99. The molecule has 0 radical (unpaired) electrons. The third-order valence-corrected chi connectivity index (χ3v) is 2.33. The second-order valence-corrected chi connectivity index (χ2v) is 3.74. The van der Waals surface area contributed by atoms with Crippen molar-refractivity contribution in [1.29, 1.82) is 0 Å². The van der Waals surface area contributed by atoms with Crippen LogP contribution in [0, 0.1) is 13.8 Å². The van der Waals surface area contributed by atoms with E-state index in [4.69, 9.17) is 4.74 Å². The second kappa shape index (κ2) is 5.15. The highest BCUT2D eigenvalue weighted by Gasteiger charge is 2.04. The number of benzene rings is 1. The molecule has 0 atom stereocenters. The number of anilines is 1. The van der Waals surface area contributed by atoms with Gasteiger partial charge in [0.25, 0.3) is 0 Å². The van der Waals surface area contributed by atoms with Crippen LogP contribution in [0.15, 0.2) is 12.1 Å². The fourth-order valence-electron chi connectivity index (χ4n) is 1.57. The van der Waals surface area contributed by atoms with Crippen molar-refractivity contribution in [3.63, 3.8) is 0 Å². The Morgan fingerprint density at radius 2 is 1.86 bits per heavy atom. The van der Waals surface area contributed by atoms with Crippen LogP contribution in [0.25, 0.3) is 0 Å². The molecule has 1 aromatic rings. The summed E-state index contributed by atoms with van der Waals surface area (Å²) in [5.74, 6) is 1.81. The molecule has 0 heterocycles. The van der Waals surface area contributed by atoms with Gasteiger partial charge in [-0.15, -0.1) is 0 Å². The van der Waals surface area contributed by atoms with Gasteiger partial charge in [-0.1, -0.05) is 0 Å². The van der Waals surface area contributed by atoms with Crippen LogP contribution in [0.3, 0.4) is 0 Å². The lowest BCUT2D eigenvalue weighted by molar-refractivity contribution is 0.408. The maximum atomic E-state index is 5.29. The molecule has 0 aliphatic carbocycles. The molecule has 14 heavy (non-hydrogen) atoms. The minimum atomic E-state index is 0.837. The van der Waals surface area contributed by atoms with Crippen LogP contribution < -0.4 is 10.1 Å². The van der Waals surface area contributed by atoms with E-state index in [9.17, 15) is 0 Å². The number of methoxy groups -OCH3 is 1. The molecule has 1 rings (SSSR count). The SMILES string of the molecule is COc1c(C)cc(NCCS)cc1C. The fourth-order valence-corrected chi connectivity index (χ4v) is 1.69. The first-order chi connectivity index (χ1) is 6.69. The van der Waals surface area contributed by atoms with Gasteiger partial charge in [0.1, 0.15) is 5.75 Å². The number of aryl methyl sites for hydroxylation is 2. The zero-order chi connectivity index (χ0) is 10.6. The van der Waals surface area contributed by atoms with Gasteiger partial charge < -0.3 is 10.1 Å². The van der Waals surface area contributed by atoms with Crippen LogP contribution in [-0.4, -0.2) is 19.4 Å². The normalized spacial score (nSPS) is 10.0. The minimum absolute atomic E-state index is 0.837. The Kier molecular flexibility index (Phi) is 4.14. The molecule has 0 aromatic heterocycles. The average molecular weight is 211 g/mol. The molecule has 1 N–H and O–H groups in total. The van der Waals surface area contributed by atoms with Gasteiger partial charge in [0.2, 0.25) is 0 Å². The van der Waals surface area contributed by atoms with Crippen LogP contribution in [0.2, 0.25) is 0 Å². The van der Waals surface area contributed by atoms with Crippen molar-refractivity contribution in [3.05, 3.63) is 23.3 Å². The van der Waals surface area contributed by atoms with Crippen molar-refractivity contribution in [3.8, 4) is 5.75 Å². The number of ether oxygens (including phenoxy) is 1. The predicted molar refractivity (Wildman–Crippen MR) is 64.8 cm³/mol. The van der Waals surface area contributed by atoms with Gasteiger partial charge in [-0.05, 0) is 37.1 Å². The van der Waals surface area contributed by atoms with E-state index < -0.39 is 0 Å². The summed E-state index contributed by atoms with van der Waals surface area (Å²) in [5, 5.41) is 3.30. The molecule has 0 aliphatic rings. The van der Waals surface area contributed by atoms with Crippen LogP contribution in [0.1, 0.15) is 11.1 Å². The van der Waals surface area contributed by atoms with E-state index in [1.807, 2.05) is 0 Å². The highest BCUT2D eigenvalue weighted by Crippen LogP contribution is 2.26. The minimum Gasteiger partial charge on any atom is -0.496 e. The van der Waals surface area contributed by atoms with Crippen LogP contribution in [0.5, 0.6) is 5.75 Å². The fraction of sp³-hybridized carbons (Fsp3) is 0.455. The molecule has 0 spiro atoms. The monoisotopic (exact) mass is 211 g/mol. The van der Waals surface area contributed by atoms with Crippen molar-refractivity contribution in [2.45, 2.75) is 13.8 Å². The topological polar surface area (TPSA) is 21.3 Å². The van der Waals surface area contributed by atoms with Crippen molar-refractivity contribution < 1.29 is 4.74 Å². The molecule has 0 amide bonds. The first-order valence-corrected chi connectivity index (χ1v) is 5.32. The standard InChI is InChI=1S/C11H17NOS/c1-8-6-10(12-4-5-14)7-9(2)11(8)13-3/h6-7,12,14H,4-5H2,1-3H3. The summed E-state index contributed by atoms with van der Waals surface area (Å²) in [6, 6.07) is 4.19. The summed E-state index contributed by atoms with van der Waals surface area (Å²) in [7, 11) is 1.70. The predicted octanol–water partition coefficient (Wildman–Crippen LogP) is 2.65. The highest BCUT2D eigenvalue weighted by molar-refractivity contribution is 7.80. The van der Waals surface area contributed by atoms with E-state index in [-0.39, 0.29) is 0 Å². The summed E-state index contributed by atoms with van der Waals surface area (Å²) in [5.41, 5.74) is 3.46. The van der Waals surface area contributed by atoms with Gasteiger partial charge >= 0.3 is 0 Å². The largest absolute Gasteiger partial charge is 0.496 e. The Morgan fingerprint density at radius 3 is 2.29 bits per heavy atom. The summed E-state index contributed by atoms with van der Waals surface area (Å²) < 4.78 is 5.29. The number of nitrogens with one attached hydrogen (secondary N) is 1. The van der Waals surface area contributed by atoms with Gasteiger partial charge in [-0.25, -0.2) is 0 Å². The highest BCUT2D eigenvalue weighted by atomic mass is 32.1. The van der Waals surface area contributed by atoms with Gasteiger partial charge in [-0.2, -0.15) is 12.6 Å². The Bertz CT molecular complexity index is 289. The van der Waals surface area contributed by atoms with E-state index in [0.29, 0.717) is 0 Å². The Balaban J connectivity index is 2.90. The van der Waals surface area contributed by atoms with Crippen molar-refractivity contribution in [1.82, 2.24) is 0 Å². The smallest absolute Gasteiger partial charge is 0.124 e. The lowest BCUT2D eigenvalue weighted by Gasteiger charge is -2.12. The van der Waals surface area contributed by atoms with E-state index in [1.54, 1.807) is 7.11 Å². The molecular weight excluding hydrogens is 194 g/mol. The van der Waals surface area contributed by atoms with E-state index in [2.05, 4.69) is 43.9 Å². The molecule has 3 heteroatoms. The van der Waals surface area contributed by atoms with Gasteiger partial charge in [0.15, 0.2) is 0 Å². The van der Waals surface area contributed by atoms with Crippen molar-refractivity contribution >= 4 is 18.3 Å². The zero-order valence-corrected chi connectivity index (χ0v) is 9.82. The maximum absolute atomic E-state index is 5.29. The Morgan fingerprint density at radius 1 is 1.29 bits per heavy atom. The molecule has 0 unspecified atom stereocenters. The number of thiol groups is 1. The van der Waals surface area contributed by atoms with Crippen LogP contribution in [-0.2, 0) is 0 Å². The van der Waals surface area contributed by atoms with Gasteiger partial charge in [0, 0.05) is 18.0 Å². The number of hydrogen-bond acceptors (Lipinski definition) is 3. The molecule has 0 bridgehead atoms. The molecule has 2 nitrogen and oxygen atoms in total. The number of rotatable bonds is 4. The van der Waals surface area contributed by atoms with Gasteiger partial charge in [-0.3, -0.25) is 0 Å². The summed E-state index contributed by atoms with van der Waals surface area (Å²) in [6.07, 6.45) is 0. The average Bonchev–Trinajstić information content (AvgIpc) is 2.14. The zero-order valence-electron chi connectivity index (χ0n) is 8.92. The number of hydrogen-bond donors (Lipinski definition) is 2. The van der Waals surface area contributed by atoms with E-state index >= 15 is 0 Å². The van der Waals surface area contributed by atoms with E-state index in [1.165, 1.54) is 0 Å². The molecule has 78 valence electrons. The third kappa shape index (κ3) is 2.58. The lowest BCUT2D eigenvalue weighted by Crippen LogP contribution is -2.03. The molecular formula is C11H17NOS. The third-order valence-electron chi connectivity index (χ3n) is 2.11. The molecule has 0 aliphatic heterocycles. The second-order valence-electron chi connectivity index (χ2n) is 3.29. The molecule has 0 saturated carbocycles. The summed E-state index contributed by atoms with van der Waals surface area (Å²) in [4.78, 5) is 0. The Labute approximate surface area is 91.1 Å². The first-order valence-electron chi connectivity index (χ1n) is 4.69. The first kappa shape index (κ1) is 11.2.